The van der Waals surface area contributed by atoms with E-state index in [-0.39, 0.29) is 34.5 Å². The quantitative estimate of drug-likeness (QED) is 0.0965. The van der Waals surface area contributed by atoms with Crippen LogP contribution in [0.3, 0.4) is 0 Å². The second kappa shape index (κ2) is 19.1. The molecule has 0 fully saturated rings. The van der Waals surface area contributed by atoms with Gasteiger partial charge in [-0.25, -0.2) is 19.2 Å². The van der Waals surface area contributed by atoms with Gasteiger partial charge in [-0.05, 0) is 93.1 Å². The first-order valence-electron chi connectivity index (χ1n) is 18.7. The Kier molecular flexibility index (Phi) is 14.6. The van der Waals surface area contributed by atoms with Crippen LogP contribution in [0, 0.1) is 11.8 Å². The Morgan fingerprint density at radius 3 is 1.98 bits per heavy atom. The van der Waals surface area contributed by atoms with Crippen molar-refractivity contribution in [2.75, 3.05) is 13.9 Å². The number of rotatable bonds is 15. The Hall–Kier alpha value is -6.45. The third kappa shape index (κ3) is 11.6. The van der Waals surface area contributed by atoms with E-state index in [0.717, 1.165) is 10.1 Å². The number of H-pyrrole nitrogens is 1. The number of benzene rings is 3. The highest BCUT2D eigenvalue weighted by atomic mass is 16.7. The first kappa shape index (κ1) is 44.3. The second-order valence-electron chi connectivity index (χ2n) is 15.3. The van der Waals surface area contributed by atoms with Gasteiger partial charge in [-0.15, -0.1) is 0 Å². The highest BCUT2D eigenvalue weighted by molar-refractivity contribution is 5.97. The number of carbonyl (C=O) groups is 5. The molecule has 0 radical (unpaired) electrons. The van der Waals surface area contributed by atoms with Gasteiger partial charge in [0, 0.05) is 12.1 Å². The molecule has 4 rings (SSSR count). The highest BCUT2D eigenvalue weighted by Gasteiger charge is 2.32. The zero-order chi connectivity index (χ0) is 42.9. The molecule has 0 aliphatic heterocycles. The van der Waals surface area contributed by atoms with Crippen LogP contribution in [-0.4, -0.2) is 71.0 Å². The number of alkyl carbamates (subject to hydrolysis) is 1. The average Bonchev–Trinajstić information content (AvgIpc) is 3.17. The summed E-state index contributed by atoms with van der Waals surface area (Å²) in [5.74, 6) is -2.78. The van der Waals surface area contributed by atoms with Gasteiger partial charge in [-0.3, -0.25) is 19.0 Å². The predicted molar refractivity (Wildman–Crippen MR) is 214 cm³/mol. The molecule has 58 heavy (non-hydrogen) atoms. The van der Waals surface area contributed by atoms with Crippen LogP contribution < -0.4 is 31.9 Å². The summed E-state index contributed by atoms with van der Waals surface area (Å²) in [5.41, 5.74) is -0.103. The third-order valence-corrected chi connectivity index (χ3v) is 9.05. The number of hydrogen-bond acceptors (Lipinski definition) is 11. The summed E-state index contributed by atoms with van der Waals surface area (Å²) in [4.78, 5) is 93.7. The number of ether oxygens (including phenoxy) is 4. The summed E-state index contributed by atoms with van der Waals surface area (Å²) in [5, 5.41) is 8.11. The van der Waals surface area contributed by atoms with Crippen LogP contribution in [-0.2, 0) is 30.3 Å². The lowest BCUT2D eigenvalue weighted by atomic mass is 10.0. The molecule has 1 heterocycles. The Balaban J connectivity index is 1.38. The van der Waals surface area contributed by atoms with Gasteiger partial charge >= 0.3 is 23.7 Å². The van der Waals surface area contributed by atoms with Crippen molar-refractivity contribution in [3.63, 3.8) is 0 Å². The van der Waals surface area contributed by atoms with Gasteiger partial charge in [-0.1, -0.05) is 52.0 Å². The first-order valence-corrected chi connectivity index (χ1v) is 18.7. The zero-order valence-electron chi connectivity index (χ0n) is 34.1. The molecule has 310 valence electrons. The van der Waals surface area contributed by atoms with Gasteiger partial charge in [0.25, 0.3) is 11.5 Å². The van der Waals surface area contributed by atoms with Crippen LogP contribution in [0.1, 0.15) is 93.3 Å². The van der Waals surface area contributed by atoms with E-state index in [4.69, 9.17) is 18.9 Å². The number of carbonyl (C=O) groups excluding carboxylic acids is 5. The molecule has 16 heteroatoms. The van der Waals surface area contributed by atoms with Crippen LogP contribution in [0.5, 0.6) is 5.75 Å². The molecule has 0 saturated heterocycles. The average molecular weight is 802 g/mol. The molecular weight excluding hydrogens is 750 g/mol. The van der Waals surface area contributed by atoms with Crippen LogP contribution >= 0.6 is 0 Å². The van der Waals surface area contributed by atoms with E-state index < -0.39 is 77.5 Å². The zero-order valence-corrected chi connectivity index (χ0v) is 34.1. The van der Waals surface area contributed by atoms with Crippen molar-refractivity contribution in [2.45, 2.75) is 85.7 Å². The van der Waals surface area contributed by atoms with E-state index in [1.807, 2.05) is 12.1 Å². The van der Waals surface area contributed by atoms with Crippen molar-refractivity contribution < 1.29 is 42.9 Å². The topological polar surface area (TPSA) is 213 Å². The van der Waals surface area contributed by atoms with E-state index in [1.165, 1.54) is 30.3 Å². The summed E-state index contributed by atoms with van der Waals surface area (Å²) in [6, 6.07) is 14.7. The van der Waals surface area contributed by atoms with Gasteiger partial charge in [0.05, 0.1) is 29.6 Å². The standard InChI is InChI=1S/C42H51N5O11/c1-23(2)33(46-41(54)58-42(6,7)8)36(49)45-34(24(3)4)39(52)57-22-56-38(51)28-14-12-27(13-15-28)25(5)47-37(50)31-20-29(16-19-32(31)44-40(47)53)35(48)43-21-26-10-17-30(55-9)18-11-26/h10-20,23-25,33-34H,21-22H2,1-9H3,(H,43,48)(H,44,53)(H,45,49)(H,46,54). The number of esters is 2. The van der Waals surface area contributed by atoms with E-state index in [1.54, 1.807) is 86.8 Å². The van der Waals surface area contributed by atoms with E-state index in [2.05, 4.69) is 20.9 Å². The minimum absolute atomic E-state index is 0.0961. The number of aromatic amines is 1. The van der Waals surface area contributed by atoms with Gasteiger partial charge < -0.3 is 39.9 Å². The maximum absolute atomic E-state index is 13.7. The Morgan fingerprint density at radius 1 is 0.776 bits per heavy atom. The molecule has 3 atom stereocenters. The fraction of sp³-hybridized carbons (Fsp3) is 0.405. The Labute approximate surface area is 335 Å². The fourth-order valence-corrected chi connectivity index (χ4v) is 5.82. The smallest absolute Gasteiger partial charge is 0.408 e. The fourth-order valence-electron chi connectivity index (χ4n) is 5.82. The van der Waals surface area contributed by atoms with Crippen LogP contribution in [0.4, 0.5) is 4.79 Å². The molecule has 3 unspecified atom stereocenters. The number of methoxy groups -OCH3 is 1. The minimum Gasteiger partial charge on any atom is -0.497 e. The number of fused-ring (bicyclic) bond motifs is 1. The highest BCUT2D eigenvalue weighted by Crippen LogP contribution is 2.19. The summed E-state index contributed by atoms with van der Waals surface area (Å²) in [6.45, 7) is 13.0. The molecule has 16 nitrogen and oxygen atoms in total. The lowest BCUT2D eigenvalue weighted by Crippen LogP contribution is -2.55. The van der Waals surface area contributed by atoms with Crippen molar-refractivity contribution in [3.8, 4) is 5.75 Å². The Bertz CT molecular complexity index is 2240. The molecule has 0 spiro atoms. The number of nitrogens with zero attached hydrogens (tertiary/aromatic N) is 1. The maximum atomic E-state index is 13.7. The van der Waals surface area contributed by atoms with Crippen molar-refractivity contribution in [2.24, 2.45) is 11.8 Å². The molecule has 1 aromatic heterocycles. The van der Waals surface area contributed by atoms with Gasteiger partial charge in [0.2, 0.25) is 12.7 Å². The second-order valence-corrected chi connectivity index (χ2v) is 15.3. The number of nitrogens with one attached hydrogen (secondary N) is 4. The normalized spacial score (nSPS) is 12.9. The van der Waals surface area contributed by atoms with Crippen molar-refractivity contribution in [1.82, 2.24) is 25.5 Å². The molecule has 3 amide bonds. The van der Waals surface area contributed by atoms with Crippen LogP contribution in [0.25, 0.3) is 10.9 Å². The number of hydrogen-bond donors (Lipinski definition) is 4. The lowest BCUT2D eigenvalue weighted by molar-refractivity contribution is -0.157. The van der Waals surface area contributed by atoms with Gasteiger partial charge in [-0.2, -0.15) is 0 Å². The van der Waals surface area contributed by atoms with Gasteiger partial charge in [0.1, 0.15) is 23.4 Å². The number of amides is 3. The van der Waals surface area contributed by atoms with E-state index >= 15 is 0 Å². The largest absolute Gasteiger partial charge is 0.497 e. The molecular formula is C42H51N5O11. The van der Waals surface area contributed by atoms with Crippen molar-refractivity contribution in [3.05, 3.63) is 110 Å². The monoisotopic (exact) mass is 801 g/mol. The van der Waals surface area contributed by atoms with Crippen LogP contribution in [0.15, 0.2) is 76.3 Å². The van der Waals surface area contributed by atoms with Gasteiger partial charge in [0.15, 0.2) is 0 Å². The third-order valence-electron chi connectivity index (χ3n) is 9.05. The molecule has 4 N–H and O–H groups in total. The lowest BCUT2D eigenvalue weighted by Gasteiger charge is -2.27. The Morgan fingerprint density at radius 2 is 1.40 bits per heavy atom. The predicted octanol–water partition coefficient (Wildman–Crippen LogP) is 4.59. The SMILES string of the molecule is COc1ccc(CNC(=O)c2ccc3[nH]c(=O)n(C(C)c4ccc(C(=O)OCOC(=O)C(NC(=O)C(NC(=O)OC(C)(C)C)C(C)C)C(C)C)cc4)c(=O)c3c2)cc1. The minimum atomic E-state index is -1.12. The van der Waals surface area contributed by atoms with Crippen molar-refractivity contribution >= 4 is 40.7 Å². The molecule has 3 aromatic carbocycles. The summed E-state index contributed by atoms with van der Waals surface area (Å²) < 4.78 is 21.8. The first-order chi connectivity index (χ1) is 27.3. The summed E-state index contributed by atoms with van der Waals surface area (Å²) in [6.07, 6.45) is -0.783. The molecule has 0 bridgehead atoms. The molecule has 0 aliphatic rings. The summed E-state index contributed by atoms with van der Waals surface area (Å²) >= 11 is 0. The molecule has 0 saturated carbocycles. The maximum Gasteiger partial charge on any atom is 0.408 e. The molecule has 4 aromatic rings. The summed E-state index contributed by atoms with van der Waals surface area (Å²) in [7, 11) is 1.56. The molecule has 0 aliphatic carbocycles. The van der Waals surface area contributed by atoms with Crippen LogP contribution in [0.2, 0.25) is 0 Å². The van der Waals surface area contributed by atoms with E-state index in [9.17, 15) is 33.6 Å². The van der Waals surface area contributed by atoms with Crippen molar-refractivity contribution in [1.29, 1.82) is 0 Å². The van der Waals surface area contributed by atoms with E-state index in [0.29, 0.717) is 11.3 Å². The number of aromatic nitrogens is 2.